The van der Waals surface area contributed by atoms with Gasteiger partial charge in [-0.15, -0.1) is 0 Å². The van der Waals surface area contributed by atoms with Gasteiger partial charge in [0.15, 0.2) is 0 Å². The van der Waals surface area contributed by atoms with Gasteiger partial charge in [-0.05, 0) is 0 Å². The fourth-order valence-corrected chi connectivity index (χ4v) is 1.54. The summed E-state index contributed by atoms with van der Waals surface area (Å²) in [7, 11) is 0. The summed E-state index contributed by atoms with van der Waals surface area (Å²) in [5, 5.41) is 57.0. The van der Waals surface area contributed by atoms with Crippen LogP contribution in [0, 0.1) is 0 Å². The molecule has 3 unspecified atom stereocenters. The molecule has 0 fully saturated rings. The van der Waals surface area contributed by atoms with Crippen LogP contribution in [0.1, 0.15) is 0 Å². The second kappa shape index (κ2) is 11.5. The van der Waals surface area contributed by atoms with Gasteiger partial charge in [0.25, 0.3) is 0 Å². The molecular formula is C11H26N2O6. The van der Waals surface area contributed by atoms with Crippen molar-refractivity contribution in [3.05, 3.63) is 0 Å². The van der Waals surface area contributed by atoms with Gasteiger partial charge < -0.3 is 36.0 Å². The van der Waals surface area contributed by atoms with Gasteiger partial charge in [0.1, 0.15) is 0 Å². The standard InChI is InChI=1S/C11H26N2O6/c14-6-9(17)3-12-1-2-13(4-10(18)7-15)5-11(19)8-16/h9-12,14-19H,1-8H2. The van der Waals surface area contributed by atoms with E-state index < -0.39 is 18.3 Å². The smallest absolute Gasteiger partial charge is 0.0897 e. The van der Waals surface area contributed by atoms with Crippen molar-refractivity contribution in [3.8, 4) is 0 Å². The number of rotatable bonds is 12. The normalized spacial score (nSPS) is 16.6. The van der Waals surface area contributed by atoms with Crippen LogP contribution in [0.15, 0.2) is 0 Å². The van der Waals surface area contributed by atoms with E-state index in [0.29, 0.717) is 13.1 Å². The van der Waals surface area contributed by atoms with E-state index >= 15 is 0 Å². The first-order valence-corrected chi connectivity index (χ1v) is 6.33. The molecule has 0 saturated carbocycles. The van der Waals surface area contributed by atoms with Gasteiger partial charge in [-0.1, -0.05) is 0 Å². The van der Waals surface area contributed by atoms with Crippen molar-refractivity contribution in [2.24, 2.45) is 0 Å². The molecule has 0 aromatic rings. The molecule has 0 bridgehead atoms. The minimum atomic E-state index is -0.908. The first-order chi connectivity index (χ1) is 9.03. The third-order valence-electron chi connectivity index (χ3n) is 2.55. The summed E-state index contributed by atoms with van der Waals surface area (Å²) in [6.07, 6.45) is -2.64. The molecule has 0 saturated heterocycles. The molecule has 0 rings (SSSR count). The van der Waals surface area contributed by atoms with Crippen LogP contribution in [-0.2, 0) is 0 Å². The van der Waals surface area contributed by atoms with Gasteiger partial charge in [0, 0.05) is 32.7 Å². The Bertz CT molecular complexity index is 198. The minimum Gasteiger partial charge on any atom is -0.394 e. The van der Waals surface area contributed by atoms with Crippen LogP contribution in [0.5, 0.6) is 0 Å². The van der Waals surface area contributed by atoms with Crippen LogP contribution in [0.2, 0.25) is 0 Å². The molecule has 116 valence electrons. The van der Waals surface area contributed by atoms with E-state index in [4.69, 9.17) is 20.4 Å². The molecule has 7 N–H and O–H groups in total. The Kier molecular flexibility index (Phi) is 11.3. The Balaban J connectivity index is 3.97. The lowest BCUT2D eigenvalue weighted by molar-refractivity contribution is 0.0232. The van der Waals surface area contributed by atoms with E-state index in [2.05, 4.69) is 5.32 Å². The molecule has 8 nitrogen and oxygen atoms in total. The van der Waals surface area contributed by atoms with Crippen LogP contribution in [0.25, 0.3) is 0 Å². The van der Waals surface area contributed by atoms with Crippen molar-refractivity contribution in [2.75, 3.05) is 52.5 Å². The molecule has 0 spiro atoms. The quantitative estimate of drug-likeness (QED) is 0.180. The summed E-state index contributed by atoms with van der Waals surface area (Å²) >= 11 is 0. The molecule has 0 aliphatic carbocycles. The van der Waals surface area contributed by atoms with Gasteiger partial charge in [-0.25, -0.2) is 0 Å². The van der Waals surface area contributed by atoms with E-state index in [1.165, 1.54) is 0 Å². The van der Waals surface area contributed by atoms with Crippen molar-refractivity contribution >= 4 is 0 Å². The Morgan fingerprint density at radius 3 is 1.68 bits per heavy atom. The van der Waals surface area contributed by atoms with Gasteiger partial charge >= 0.3 is 0 Å². The molecule has 0 aliphatic heterocycles. The van der Waals surface area contributed by atoms with Gasteiger partial charge in [0.05, 0.1) is 38.1 Å². The van der Waals surface area contributed by atoms with Crippen molar-refractivity contribution in [1.29, 1.82) is 0 Å². The minimum absolute atomic E-state index is 0.178. The zero-order valence-electron chi connectivity index (χ0n) is 11.0. The van der Waals surface area contributed by atoms with Crippen molar-refractivity contribution in [2.45, 2.75) is 18.3 Å². The Morgan fingerprint density at radius 1 is 0.789 bits per heavy atom. The summed E-state index contributed by atoms with van der Waals surface area (Å²) in [5.74, 6) is 0. The third-order valence-corrected chi connectivity index (χ3v) is 2.55. The second-order valence-electron chi connectivity index (χ2n) is 4.47. The van der Waals surface area contributed by atoms with Gasteiger partial charge in [-0.2, -0.15) is 0 Å². The number of nitrogens with one attached hydrogen (secondary N) is 1. The highest BCUT2D eigenvalue weighted by molar-refractivity contribution is 4.69. The number of hydrogen-bond donors (Lipinski definition) is 7. The van der Waals surface area contributed by atoms with Crippen molar-refractivity contribution in [1.82, 2.24) is 10.2 Å². The Labute approximate surface area is 112 Å². The number of aliphatic hydroxyl groups is 6. The molecule has 0 aliphatic rings. The molecule has 3 atom stereocenters. The van der Waals surface area contributed by atoms with E-state index in [9.17, 15) is 10.2 Å². The Morgan fingerprint density at radius 2 is 1.26 bits per heavy atom. The van der Waals surface area contributed by atoms with E-state index in [1.54, 1.807) is 4.90 Å². The van der Waals surface area contributed by atoms with E-state index in [-0.39, 0.29) is 39.5 Å². The largest absolute Gasteiger partial charge is 0.394 e. The zero-order chi connectivity index (χ0) is 14.7. The third kappa shape index (κ3) is 10.2. The molecular weight excluding hydrogens is 256 g/mol. The predicted octanol–water partition coefficient (Wildman–Crippen LogP) is -4.06. The van der Waals surface area contributed by atoms with Crippen LogP contribution in [-0.4, -0.2) is 106 Å². The molecule has 0 amide bonds. The number of hydrogen-bond acceptors (Lipinski definition) is 8. The highest BCUT2D eigenvalue weighted by Crippen LogP contribution is 1.95. The summed E-state index contributed by atoms with van der Waals surface area (Å²) in [6.45, 7) is 0.485. The average molecular weight is 282 g/mol. The highest BCUT2D eigenvalue weighted by Gasteiger charge is 2.14. The first-order valence-electron chi connectivity index (χ1n) is 6.33. The van der Waals surface area contributed by atoms with E-state index in [1.807, 2.05) is 0 Å². The predicted molar refractivity (Wildman–Crippen MR) is 68.6 cm³/mol. The van der Waals surface area contributed by atoms with Crippen molar-refractivity contribution in [3.63, 3.8) is 0 Å². The fourth-order valence-electron chi connectivity index (χ4n) is 1.54. The number of nitrogens with zero attached hydrogens (tertiary/aromatic N) is 1. The maximum Gasteiger partial charge on any atom is 0.0897 e. The lowest BCUT2D eigenvalue weighted by Crippen LogP contribution is -2.44. The lowest BCUT2D eigenvalue weighted by Gasteiger charge is -2.26. The highest BCUT2D eigenvalue weighted by atomic mass is 16.3. The number of aliphatic hydroxyl groups excluding tert-OH is 6. The van der Waals surface area contributed by atoms with Crippen LogP contribution in [0.3, 0.4) is 0 Å². The molecule has 19 heavy (non-hydrogen) atoms. The summed E-state index contributed by atoms with van der Waals surface area (Å²) in [5.41, 5.74) is 0. The summed E-state index contributed by atoms with van der Waals surface area (Å²) < 4.78 is 0. The maximum absolute atomic E-state index is 9.37. The molecule has 8 heteroatoms. The Hall–Kier alpha value is -0.320. The second-order valence-corrected chi connectivity index (χ2v) is 4.47. The summed E-state index contributed by atoms with van der Waals surface area (Å²) in [6, 6.07) is 0. The molecule has 0 radical (unpaired) electrons. The molecule has 0 aromatic carbocycles. The first kappa shape index (κ1) is 18.7. The van der Waals surface area contributed by atoms with Crippen LogP contribution in [0.4, 0.5) is 0 Å². The van der Waals surface area contributed by atoms with Crippen LogP contribution < -0.4 is 5.32 Å². The monoisotopic (exact) mass is 282 g/mol. The van der Waals surface area contributed by atoms with E-state index in [0.717, 1.165) is 0 Å². The topological polar surface area (TPSA) is 137 Å². The summed E-state index contributed by atoms with van der Waals surface area (Å²) in [4.78, 5) is 1.69. The van der Waals surface area contributed by atoms with Crippen LogP contribution >= 0.6 is 0 Å². The van der Waals surface area contributed by atoms with Crippen molar-refractivity contribution < 1.29 is 30.6 Å². The molecule has 0 aromatic heterocycles. The maximum atomic E-state index is 9.37. The molecule has 0 heterocycles. The lowest BCUT2D eigenvalue weighted by atomic mass is 10.2. The van der Waals surface area contributed by atoms with Gasteiger partial charge in [-0.3, -0.25) is 4.90 Å². The fraction of sp³-hybridized carbons (Fsp3) is 1.00. The van der Waals surface area contributed by atoms with Gasteiger partial charge in [0.2, 0.25) is 0 Å². The SMILES string of the molecule is OCC(O)CNCCN(CC(O)CO)CC(O)CO. The average Bonchev–Trinajstić information content (AvgIpc) is 2.42. The zero-order valence-corrected chi connectivity index (χ0v) is 11.0.